The third-order valence-electron chi connectivity index (χ3n) is 9.11. The van der Waals surface area contributed by atoms with E-state index in [4.69, 9.17) is 4.74 Å². The first-order valence-corrected chi connectivity index (χ1v) is 17.5. The Morgan fingerprint density at radius 2 is 1.76 bits per heavy atom. The van der Waals surface area contributed by atoms with Crippen LogP contribution in [0.4, 0.5) is 22.0 Å². The van der Waals surface area contributed by atoms with Crippen molar-refractivity contribution in [2.45, 2.75) is 94.4 Å². The summed E-state index contributed by atoms with van der Waals surface area (Å²) in [7, 11) is -2.66. The van der Waals surface area contributed by atoms with E-state index in [0.717, 1.165) is 4.90 Å². The molecule has 0 radical (unpaired) electrons. The molecule has 50 heavy (non-hydrogen) atoms. The highest BCUT2D eigenvalue weighted by Crippen LogP contribution is 2.48. The van der Waals surface area contributed by atoms with E-state index in [9.17, 15) is 44.8 Å². The van der Waals surface area contributed by atoms with Crippen LogP contribution < -0.4 is 20.1 Å². The van der Waals surface area contributed by atoms with Crippen molar-refractivity contribution in [3.8, 4) is 17.1 Å². The van der Waals surface area contributed by atoms with E-state index in [1.165, 1.54) is 11.9 Å². The monoisotopic (exact) mass is 734 g/mol. The third kappa shape index (κ3) is 8.16. The number of tetrazole rings is 1. The molecular formula is C30H39F5N8O6S. The summed E-state index contributed by atoms with van der Waals surface area (Å²) in [6.45, 7) is 4.04. The summed E-state index contributed by atoms with van der Waals surface area (Å²) in [5.41, 5.74) is -2.65. The second-order valence-electron chi connectivity index (χ2n) is 14.0. The average Bonchev–Trinajstić information content (AvgIpc) is 3.91. The van der Waals surface area contributed by atoms with Gasteiger partial charge in [0.25, 0.3) is 5.91 Å². The maximum atomic E-state index is 14.1. The summed E-state index contributed by atoms with van der Waals surface area (Å²) < 4.78 is 98.9. The number of benzene rings is 1. The van der Waals surface area contributed by atoms with Crippen LogP contribution in [0.15, 0.2) is 24.3 Å². The van der Waals surface area contributed by atoms with Gasteiger partial charge in [-0.05, 0) is 54.2 Å². The van der Waals surface area contributed by atoms with Crippen molar-refractivity contribution in [1.29, 1.82) is 0 Å². The summed E-state index contributed by atoms with van der Waals surface area (Å²) in [6.07, 6.45) is -8.97. The molecule has 2 aromatic rings. The SMILES string of the molecule is COc1ccc(-c2nnn([C@@H]3CC(C(=O)N[C@]4(C(=O)NS(=O)(=O)C5CC5)C[C@H]4C(F)F)N(C(=O)[C@@H](NCCC(F)(F)F)C(C)(C)C)C3)n2)cc1. The van der Waals surface area contributed by atoms with Crippen LogP contribution in [0, 0.1) is 11.3 Å². The molecule has 1 aromatic carbocycles. The first-order chi connectivity index (χ1) is 23.3. The van der Waals surface area contributed by atoms with Gasteiger partial charge in [0.2, 0.25) is 34.1 Å². The van der Waals surface area contributed by atoms with Gasteiger partial charge in [0.05, 0.1) is 36.8 Å². The maximum Gasteiger partial charge on any atom is 0.390 e. The first kappa shape index (κ1) is 37.3. The summed E-state index contributed by atoms with van der Waals surface area (Å²) in [5, 5.41) is 16.7. The Morgan fingerprint density at radius 1 is 1.10 bits per heavy atom. The van der Waals surface area contributed by atoms with E-state index in [0.29, 0.717) is 24.2 Å². The molecule has 5 atom stereocenters. The number of alkyl halides is 5. The number of ether oxygens (including phenoxy) is 1. The molecule has 2 aliphatic carbocycles. The average molecular weight is 735 g/mol. The van der Waals surface area contributed by atoms with Crippen molar-refractivity contribution in [2.24, 2.45) is 11.3 Å². The van der Waals surface area contributed by atoms with Crippen molar-refractivity contribution in [3.63, 3.8) is 0 Å². The molecule has 14 nitrogen and oxygen atoms in total. The van der Waals surface area contributed by atoms with E-state index in [-0.39, 0.29) is 18.8 Å². The highest BCUT2D eigenvalue weighted by molar-refractivity contribution is 7.91. The zero-order chi connectivity index (χ0) is 36.8. The topological polar surface area (TPSA) is 178 Å². The van der Waals surface area contributed by atoms with Gasteiger partial charge in [-0.2, -0.15) is 18.0 Å². The molecule has 3 N–H and O–H groups in total. The number of rotatable bonds is 13. The summed E-state index contributed by atoms with van der Waals surface area (Å²) in [4.78, 5) is 43.6. The molecule has 1 unspecified atom stereocenters. The Kier molecular flexibility index (Phi) is 10.2. The number of likely N-dealkylation sites (tertiary alicyclic amines) is 1. The number of carbonyl (C=O) groups excluding carboxylic acids is 3. The molecule has 20 heteroatoms. The molecule has 1 aliphatic heterocycles. The number of nitrogens with zero attached hydrogens (tertiary/aromatic N) is 5. The fourth-order valence-corrected chi connectivity index (χ4v) is 7.40. The summed E-state index contributed by atoms with van der Waals surface area (Å²) >= 11 is 0. The lowest BCUT2D eigenvalue weighted by molar-refractivity contribution is -0.145. The van der Waals surface area contributed by atoms with Crippen molar-refractivity contribution in [2.75, 3.05) is 20.2 Å². The number of sulfonamides is 1. The third-order valence-corrected chi connectivity index (χ3v) is 10.9. The molecule has 276 valence electrons. The lowest BCUT2D eigenvalue weighted by Crippen LogP contribution is -2.60. The molecule has 2 heterocycles. The van der Waals surface area contributed by atoms with E-state index in [1.54, 1.807) is 45.0 Å². The van der Waals surface area contributed by atoms with Crippen LogP contribution >= 0.6 is 0 Å². The van der Waals surface area contributed by atoms with Gasteiger partial charge in [0.1, 0.15) is 17.3 Å². The summed E-state index contributed by atoms with van der Waals surface area (Å²) in [6, 6.07) is 3.26. The van der Waals surface area contributed by atoms with Gasteiger partial charge in [-0.1, -0.05) is 20.8 Å². The zero-order valence-corrected chi connectivity index (χ0v) is 28.5. The van der Waals surface area contributed by atoms with Crippen molar-refractivity contribution < 1.29 is 49.5 Å². The molecule has 5 rings (SSSR count). The molecule has 3 fully saturated rings. The summed E-state index contributed by atoms with van der Waals surface area (Å²) in [5.74, 6) is -4.00. The number of methoxy groups -OCH3 is 1. The standard InChI is InChI=1S/C30H39F5N8O6S/c1-28(2,3)22(36-12-11-30(33,34)35)26(45)42-15-17(43-39-24(38-41-43)16-5-7-18(49-4)8-6-16)13-21(42)25(44)37-29(14-20(29)23(31)32)27(46)40-50(47,48)19-9-10-19/h5-8,17,19-23,36H,9-15H2,1-4H3,(H,37,44)(H,40,46)/t17-,20+,21?,22-,29-/m1/s1. The number of nitrogens with one attached hydrogen (secondary N) is 3. The lowest BCUT2D eigenvalue weighted by Gasteiger charge is -2.36. The normalized spacial score (nSPS) is 24.6. The van der Waals surface area contributed by atoms with Gasteiger partial charge >= 0.3 is 6.18 Å². The van der Waals surface area contributed by atoms with Crippen LogP contribution in [0.5, 0.6) is 5.75 Å². The second-order valence-corrected chi connectivity index (χ2v) is 15.9. The minimum Gasteiger partial charge on any atom is -0.497 e. The van der Waals surface area contributed by atoms with Gasteiger partial charge in [-0.15, -0.1) is 10.2 Å². The Bertz CT molecular complexity index is 1700. The fourth-order valence-electron chi connectivity index (χ4n) is 6.04. The minimum atomic E-state index is -4.51. The van der Waals surface area contributed by atoms with Gasteiger partial charge in [-0.25, -0.2) is 17.2 Å². The Hall–Kier alpha value is -3.94. The number of aromatic nitrogens is 4. The fraction of sp³-hybridized carbons (Fsp3) is 0.667. The Labute approximate surface area is 284 Å². The first-order valence-electron chi connectivity index (χ1n) is 16.0. The highest BCUT2D eigenvalue weighted by Gasteiger charge is 2.66. The van der Waals surface area contributed by atoms with Gasteiger partial charge in [0, 0.05) is 25.1 Å². The number of halogens is 5. The quantitative estimate of drug-likeness (QED) is 0.259. The smallest absolute Gasteiger partial charge is 0.390 e. The van der Waals surface area contributed by atoms with E-state index < -0.39 is 100.0 Å². The highest BCUT2D eigenvalue weighted by atomic mass is 32.2. The molecule has 0 bridgehead atoms. The van der Waals surface area contributed by atoms with Gasteiger partial charge < -0.3 is 20.3 Å². The Morgan fingerprint density at radius 3 is 2.30 bits per heavy atom. The minimum absolute atomic E-state index is 0.188. The number of amides is 3. The predicted octanol–water partition coefficient (Wildman–Crippen LogP) is 2.20. The van der Waals surface area contributed by atoms with Crippen molar-refractivity contribution in [1.82, 2.24) is 40.5 Å². The molecule has 1 saturated heterocycles. The van der Waals surface area contributed by atoms with Crippen molar-refractivity contribution in [3.05, 3.63) is 24.3 Å². The second kappa shape index (κ2) is 13.6. The number of hydrogen-bond acceptors (Lipinski definition) is 10. The van der Waals surface area contributed by atoms with Gasteiger partial charge in [-0.3, -0.25) is 19.1 Å². The molecule has 0 spiro atoms. The van der Waals surface area contributed by atoms with Gasteiger partial charge in [0.15, 0.2) is 0 Å². The van der Waals surface area contributed by atoms with E-state index >= 15 is 0 Å². The van der Waals surface area contributed by atoms with Crippen molar-refractivity contribution >= 4 is 27.7 Å². The van der Waals surface area contributed by atoms with Crippen LogP contribution in [-0.2, 0) is 24.4 Å². The molecular weight excluding hydrogens is 695 g/mol. The molecule has 1 aromatic heterocycles. The zero-order valence-electron chi connectivity index (χ0n) is 27.7. The van der Waals surface area contributed by atoms with Crippen LogP contribution in [0.2, 0.25) is 0 Å². The predicted molar refractivity (Wildman–Crippen MR) is 166 cm³/mol. The van der Waals surface area contributed by atoms with E-state index in [1.807, 2.05) is 4.72 Å². The number of carbonyl (C=O) groups is 3. The largest absolute Gasteiger partial charge is 0.497 e. The lowest BCUT2D eigenvalue weighted by atomic mass is 9.85. The maximum absolute atomic E-state index is 14.1. The number of hydrogen-bond donors (Lipinski definition) is 3. The van der Waals surface area contributed by atoms with Crippen LogP contribution in [0.1, 0.15) is 58.9 Å². The van der Waals surface area contributed by atoms with Crippen LogP contribution in [0.3, 0.4) is 0 Å². The van der Waals surface area contributed by atoms with E-state index in [2.05, 4.69) is 26.0 Å². The molecule has 2 saturated carbocycles. The van der Waals surface area contributed by atoms with Crippen LogP contribution in [0.25, 0.3) is 11.4 Å². The van der Waals surface area contributed by atoms with Crippen LogP contribution in [-0.4, -0.2) is 107 Å². The molecule has 3 amide bonds. The Balaban J connectivity index is 1.43. The molecule has 3 aliphatic rings.